The van der Waals surface area contributed by atoms with Gasteiger partial charge in [-0.25, -0.2) is 0 Å². The second kappa shape index (κ2) is 8.75. The van der Waals surface area contributed by atoms with Crippen molar-refractivity contribution in [2.75, 3.05) is 6.54 Å². The molecule has 1 rings (SSSR count). The van der Waals surface area contributed by atoms with Crippen molar-refractivity contribution in [1.29, 1.82) is 0 Å². The molecule has 0 saturated carbocycles. The van der Waals surface area contributed by atoms with Crippen LogP contribution in [0.15, 0.2) is 18.2 Å². The van der Waals surface area contributed by atoms with Gasteiger partial charge in [-0.05, 0) is 56.0 Å². The van der Waals surface area contributed by atoms with Crippen LogP contribution in [0.4, 0.5) is 0 Å². The number of unbranched alkanes of at least 4 members (excludes halogenated alkanes) is 1. The van der Waals surface area contributed by atoms with Crippen LogP contribution in [-0.2, 0) is 6.42 Å². The standard InChI is InChI=1S/C11H16ClN.C2H6/c1-9-5-6-11(12)8-10(9)4-2-3-7-13;1-2/h5-6,8H,2-4,7,13H2,1H3;1-2H3. The van der Waals surface area contributed by atoms with E-state index in [1.165, 1.54) is 11.1 Å². The topological polar surface area (TPSA) is 26.0 Å². The summed E-state index contributed by atoms with van der Waals surface area (Å²) in [5, 5.41) is 0.827. The summed E-state index contributed by atoms with van der Waals surface area (Å²) in [6, 6.07) is 6.05. The molecule has 0 spiro atoms. The monoisotopic (exact) mass is 227 g/mol. The van der Waals surface area contributed by atoms with Gasteiger partial charge in [0.05, 0.1) is 0 Å². The molecule has 1 aromatic carbocycles. The molecule has 86 valence electrons. The summed E-state index contributed by atoms with van der Waals surface area (Å²) < 4.78 is 0. The van der Waals surface area contributed by atoms with E-state index in [4.69, 9.17) is 17.3 Å². The summed E-state index contributed by atoms with van der Waals surface area (Å²) in [4.78, 5) is 0. The molecule has 2 N–H and O–H groups in total. The Hall–Kier alpha value is -0.530. The Labute approximate surface area is 98.6 Å². The van der Waals surface area contributed by atoms with Crippen LogP contribution in [0, 0.1) is 6.92 Å². The van der Waals surface area contributed by atoms with E-state index in [2.05, 4.69) is 13.0 Å². The first-order chi connectivity index (χ1) is 7.24. The minimum atomic E-state index is 0.777. The third kappa shape index (κ3) is 5.81. The van der Waals surface area contributed by atoms with Crippen molar-refractivity contribution < 1.29 is 0 Å². The van der Waals surface area contributed by atoms with Crippen molar-refractivity contribution in [3.63, 3.8) is 0 Å². The highest BCUT2D eigenvalue weighted by Gasteiger charge is 1.98. The Morgan fingerprint density at radius 1 is 1.20 bits per heavy atom. The molecule has 0 aliphatic carbocycles. The number of halogens is 1. The Balaban J connectivity index is 0.000000921. The van der Waals surface area contributed by atoms with Crippen LogP contribution in [0.2, 0.25) is 5.02 Å². The normalized spacial score (nSPS) is 9.40. The number of aryl methyl sites for hydroxylation is 2. The van der Waals surface area contributed by atoms with E-state index in [9.17, 15) is 0 Å². The molecular weight excluding hydrogens is 206 g/mol. The SMILES string of the molecule is CC.Cc1ccc(Cl)cc1CCCCN. The first-order valence-electron chi connectivity index (χ1n) is 5.69. The lowest BCUT2D eigenvalue weighted by molar-refractivity contribution is 0.742. The summed E-state index contributed by atoms with van der Waals surface area (Å²) in [6.07, 6.45) is 3.33. The summed E-state index contributed by atoms with van der Waals surface area (Å²) in [6.45, 7) is 6.90. The number of hydrogen-bond donors (Lipinski definition) is 1. The zero-order valence-corrected chi connectivity index (χ0v) is 10.8. The van der Waals surface area contributed by atoms with Crippen molar-refractivity contribution in [2.24, 2.45) is 5.73 Å². The minimum absolute atomic E-state index is 0.777. The minimum Gasteiger partial charge on any atom is -0.330 e. The Morgan fingerprint density at radius 3 is 2.47 bits per heavy atom. The quantitative estimate of drug-likeness (QED) is 0.775. The highest BCUT2D eigenvalue weighted by Crippen LogP contribution is 2.17. The Bertz CT molecular complexity index is 271. The van der Waals surface area contributed by atoms with Crippen LogP contribution in [0.5, 0.6) is 0 Å². The molecule has 0 fully saturated rings. The Morgan fingerprint density at radius 2 is 1.87 bits per heavy atom. The molecule has 0 radical (unpaired) electrons. The van der Waals surface area contributed by atoms with Crippen molar-refractivity contribution in [2.45, 2.75) is 40.0 Å². The van der Waals surface area contributed by atoms with Gasteiger partial charge in [-0.3, -0.25) is 0 Å². The molecule has 0 aliphatic heterocycles. The smallest absolute Gasteiger partial charge is 0.0408 e. The molecule has 2 heteroatoms. The van der Waals surface area contributed by atoms with Crippen LogP contribution < -0.4 is 5.73 Å². The first kappa shape index (κ1) is 14.5. The van der Waals surface area contributed by atoms with Gasteiger partial charge in [0.25, 0.3) is 0 Å². The lowest BCUT2D eigenvalue weighted by Crippen LogP contribution is -1.99. The van der Waals surface area contributed by atoms with Gasteiger partial charge in [0.15, 0.2) is 0 Å². The van der Waals surface area contributed by atoms with Crippen LogP contribution in [0.3, 0.4) is 0 Å². The molecule has 0 bridgehead atoms. The van der Waals surface area contributed by atoms with Crippen LogP contribution in [0.1, 0.15) is 37.8 Å². The average molecular weight is 228 g/mol. The molecule has 0 saturated heterocycles. The number of benzene rings is 1. The summed E-state index contributed by atoms with van der Waals surface area (Å²) in [7, 11) is 0. The zero-order chi connectivity index (χ0) is 11.7. The third-order valence-corrected chi connectivity index (χ3v) is 2.45. The summed E-state index contributed by atoms with van der Waals surface area (Å²) >= 11 is 5.90. The fourth-order valence-corrected chi connectivity index (χ4v) is 1.56. The Kier molecular flexibility index (Phi) is 8.44. The van der Waals surface area contributed by atoms with Gasteiger partial charge in [0.2, 0.25) is 0 Å². The third-order valence-electron chi connectivity index (χ3n) is 2.21. The highest BCUT2D eigenvalue weighted by molar-refractivity contribution is 6.30. The van der Waals surface area contributed by atoms with Gasteiger partial charge >= 0.3 is 0 Å². The first-order valence-corrected chi connectivity index (χ1v) is 6.07. The van der Waals surface area contributed by atoms with Crippen LogP contribution in [-0.4, -0.2) is 6.54 Å². The van der Waals surface area contributed by atoms with Crippen molar-refractivity contribution in [1.82, 2.24) is 0 Å². The van der Waals surface area contributed by atoms with Gasteiger partial charge < -0.3 is 5.73 Å². The lowest BCUT2D eigenvalue weighted by atomic mass is 10.0. The zero-order valence-electron chi connectivity index (χ0n) is 10.0. The fraction of sp³-hybridized carbons (Fsp3) is 0.538. The predicted octanol–water partition coefficient (Wildman–Crippen LogP) is 3.96. The van der Waals surface area contributed by atoms with Crippen molar-refractivity contribution in [3.05, 3.63) is 34.3 Å². The molecule has 0 aliphatic rings. The lowest BCUT2D eigenvalue weighted by Gasteiger charge is -2.05. The maximum Gasteiger partial charge on any atom is 0.0408 e. The molecule has 1 aromatic rings. The molecule has 1 nitrogen and oxygen atoms in total. The summed E-state index contributed by atoms with van der Waals surface area (Å²) in [5.74, 6) is 0. The molecule has 0 amide bonds. The number of rotatable bonds is 4. The van der Waals surface area contributed by atoms with Gasteiger partial charge in [-0.1, -0.05) is 31.5 Å². The van der Waals surface area contributed by atoms with Gasteiger partial charge in [0.1, 0.15) is 0 Å². The molecular formula is C13H22ClN. The molecule has 15 heavy (non-hydrogen) atoms. The van der Waals surface area contributed by atoms with E-state index in [1.54, 1.807) is 0 Å². The van der Waals surface area contributed by atoms with Gasteiger partial charge in [0, 0.05) is 5.02 Å². The molecule has 0 aromatic heterocycles. The van der Waals surface area contributed by atoms with E-state index in [-0.39, 0.29) is 0 Å². The molecule has 0 unspecified atom stereocenters. The predicted molar refractivity (Wildman–Crippen MR) is 69.5 cm³/mol. The summed E-state index contributed by atoms with van der Waals surface area (Å²) in [5.41, 5.74) is 8.10. The van der Waals surface area contributed by atoms with Crippen LogP contribution in [0.25, 0.3) is 0 Å². The number of nitrogens with two attached hydrogens (primary N) is 1. The highest BCUT2D eigenvalue weighted by atomic mass is 35.5. The fourth-order valence-electron chi connectivity index (χ4n) is 1.37. The largest absolute Gasteiger partial charge is 0.330 e. The molecule has 0 heterocycles. The molecule has 0 atom stereocenters. The van der Waals surface area contributed by atoms with Crippen molar-refractivity contribution in [3.8, 4) is 0 Å². The average Bonchev–Trinajstić information content (AvgIpc) is 2.26. The van der Waals surface area contributed by atoms with E-state index in [0.717, 1.165) is 30.8 Å². The van der Waals surface area contributed by atoms with E-state index in [1.807, 2.05) is 26.0 Å². The van der Waals surface area contributed by atoms with Gasteiger partial charge in [-0.2, -0.15) is 0 Å². The maximum absolute atomic E-state index is 5.90. The van der Waals surface area contributed by atoms with Crippen molar-refractivity contribution >= 4 is 11.6 Å². The maximum atomic E-state index is 5.90. The second-order valence-electron chi connectivity index (χ2n) is 3.32. The van der Waals surface area contributed by atoms with E-state index < -0.39 is 0 Å². The second-order valence-corrected chi connectivity index (χ2v) is 3.75. The van der Waals surface area contributed by atoms with Crippen LogP contribution >= 0.6 is 11.6 Å². The van der Waals surface area contributed by atoms with Gasteiger partial charge in [-0.15, -0.1) is 0 Å². The number of hydrogen-bond acceptors (Lipinski definition) is 1. The van der Waals surface area contributed by atoms with E-state index >= 15 is 0 Å². The van der Waals surface area contributed by atoms with E-state index in [0.29, 0.717) is 0 Å².